The fraction of sp³-hybridized carbons (Fsp3) is 0.450. The molecule has 5 nitrogen and oxygen atoms in total. The van der Waals surface area contributed by atoms with Crippen LogP contribution in [0.1, 0.15) is 42.4 Å². The van der Waals surface area contributed by atoms with Crippen molar-refractivity contribution in [1.29, 1.82) is 0 Å². The van der Waals surface area contributed by atoms with Crippen LogP contribution in [0.2, 0.25) is 5.02 Å². The Morgan fingerprint density at radius 3 is 2.77 bits per heavy atom. The van der Waals surface area contributed by atoms with Crippen molar-refractivity contribution < 1.29 is 9.59 Å². The first-order valence-corrected chi connectivity index (χ1v) is 9.54. The highest BCUT2D eigenvalue weighted by Crippen LogP contribution is 2.22. The topological polar surface area (TPSA) is 55.2 Å². The summed E-state index contributed by atoms with van der Waals surface area (Å²) in [7, 11) is 0. The zero-order valence-corrected chi connectivity index (χ0v) is 15.8. The lowest BCUT2D eigenvalue weighted by atomic mass is 9.90. The molecule has 1 aliphatic rings. The average Bonchev–Trinajstić information content (AvgIpc) is 3.14. The molecule has 0 unspecified atom stereocenters. The zero-order chi connectivity index (χ0) is 18.5. The summed E-state index contributed by atoms with van der Waals surface area (Å²) in [5.74, 6) is 1.07. The van der Waals surface area contributed by atoms with Gasteiger partial charge in [-0.1, -0.05) is 18.5 Å². The van der Waals surface area contributed by atoms with Gasteiger partial charge in [-0.05, 0) is 37.1 Å². The molecular weight excluding hydrogens is 350 g/mol. The van der Waals surface area contributed by atoms with Crippen LogP contribution in [-0.4, -0.2) is 39.2 Å². The monoisotopic (exact) mass is 373 g/mol. The Morgan fingerprint density at radius 1 is 1.27 bits per heavy atom. The molecule has 0 bridgehead atoms. The van der Waals surface area contributed by atoms with Crippen molar-refractivity contribution in [2.24, 2.45) is 5.92 Å². The lowest BCUT2D eigenvalue weighted by molar-refractivity contribution is -0.132. The number of piperidine rings is 1. The number of likely N-dealkylation sites (tertiary alicyclic amines) is 1. The van der Waals surface area contributed by atoms with E-state index >= 15 is 0 Å². The van der Waals surface area contributed by atoms with Gasteiger partial charge >= 0.3 is 0 Å². The fourth-order valence-corrected chi connectivity index (χ4v) is 3.63. The molecule has 1 aliphatic heterocycles. The van der Waals surface area contributed by atoms with Gasteiger partial charge in [0.25, 0.3) is 0 Å². The third-order valence-electron chi connectivity index (χ3n) is 4.96. The molecule has 3 rings (SSSR count). The van der Waals surface area contributed by atoms with Crippen LogP contribution < -0.4 is 0 Å². The molecule has 1 aromatic heterocycles. The number of rotatable bonds is 6. The standard InChI is InChI=1S/C20H24ClN3O2/c1-2-18-22-10-13-23(18)12-9-19(25)24-11-3-4-16(14-24)20(26)15-5-7-17(21)8-6-15/h5-8,10,13,16H,2-4,9,11-12,14H2,1H3/t16-/m1/s1. The molecule has 2 aromatic rings. The second kappa shape index (κ2) is 8.49. The van der Waals surface area contributed by atoms with Crippen molar-refractivity contribution in [3.8, 4) is 0 Å². The van der Waals surface area contributed by atoms with Crippen LogP contribution in [0, 0.1) is 5.92 Å². The van der Waals surface area contributed by atoms with Crippen LogP contribution in [0.3, 0.4) is 0 Å². The summed E-state index contributed by atoms with van der Waals surface area (Å²) in [6, 6.07) is 6.99. The van der Waals surface area contributed by atoms with Gasteiger partial charge in [-0.25, -0.2) is 4.98 Å². The largest absolute Gasteiger partial charge is 0.342 e. The molecule has 1 saturated heterocycles. The highest BCUT2D eigenvalue weighted by molar-refractivity contribution is 6.30. The van der Waals surface area contributed by atoms with Crippen molar-refractivity contribution in [3.05, 3.63) is 53.1 Å². The van der Waals surface area contributed by atoms with E-state index in [1.165, 1.54) is 0 Å². The number of halogens is 1. The lowest BCUT2D eigenvalue weighted by Gasteiger charge is -2.32. The van der Waals surface area contributed by atoms with E-state index in [1.54, 1.807) is 30.5 Å². The van der Waals surface area contributed by atoms with Gasteiger partial charge in [-0.2, -0.15) is 0 Å². The number of aromatic nitrogens is 2. The molecule has 0 N–H and O–H groups in total. The van der Waals surface area contributed by atoms with Gasteiger partial charge in [-0.15, -0.1) is 0 Å². The molecule has 138 valence electrons. The summed E-state index contributed by atoms with van der Waals surface area (Å²) in [6.45, 7) is 3.92. The normalized spacial score (nSPS) is 17.3. The SMILES string of the molecule is CCc1nccn1CCC(=O)N1CCC[C@@H](C(=O)c2ccc(Cl)cc2)C1. The number of amides is 1. The number of hydrogen-bond donors (Lipinski definition) is 0. The smallest absolute Gasteiger partial charge is 0.224 e. The first kappa shape index (κ1) is 18.6. The van der Waals surface area contributed by atoms with Crippen LogP contribution in [0.5, 0.6) is 0 Å². The molecule has 1 atom stereocenters. The number of imidazole rings is 1. The maximum atomic E-state index is 12.7. The number of hydrogen-bond acceptors (Lipinski definition) is 3. The van der Waals surface area contributed by atoms with E-state index in [9.17, 15) is 9.59 Å². The van der Waals surface area contributed by atoms with E-state index in [2.05, 4.69) is 11.9 Å². The van der Waals surface area contributed by atoms with Gasteiger partial charge in [0.05, 0.1) is 0 Å². The van der Waals surface area contributed by atoms with E-state index in [0.29, 0.717) is 30.1 Å². The number of aryl methyl sites for hydroxylation is 2. The first-order chi connectivity index (χ1) is 12.6. The average molecular weight is 374 g/mol. The van der Waals surface area contributed by atoms with E-state index in [4.69, 9.17) is 11.6 Å². The molecule has 26 heavy (non-hydrogen) atoms. The minimum Gasteiger partial charge on any atom is -0.342 e. The van der Waals surface area contributed by atoms with Crippen molar-refractivity contribution in [1.82, 2.24) is 14.5 Å². The van der Waals surface area contributed by atoms with Gasteiger partial charge in [0.1, 0.15) is 5.82 Å². The first-order valence-electron chi connectivity index (χ1n) is 9.16. The van der Waals surface area contributed by atoms with Gasteiger partial charge in [0.2, 0.25) is 5.91 Å². The van der Waals surface area contributed by atoms with E-state index in [1.807, 2.05) is 15.7 Å². The second-order valence-corrected chi connectivity index (χ2v) is 7.13. The maximum Gasteiger partial charge on any atom is 0.224 e. The minimum atomic E-state index is -0.131. The Bertz CT molecular complexity index is 770. The number of benzene rings is 1. The van der Waals surface area contributed by atoms with E-state index in [0.717, 1.165) is 31.6 Å². The van der Waals surface area contributed by atoms with Crippen LogP contribution in [-0.2, 0) is 17.8 Å². The van der Waals surface area contributed by atoms with Gasteiger partial charge in [-0.3, -0.25) is 9.59 Å². The summed E-state index contributed by atoms with van der Waals surface area (Å²) in [4.78, 5) is 31.4. The van der Waals surface area contributed by atoms with Crippen molar-refractivity contribution in [3.63, 3.8) is 0 Å². The molecule has 0 saturated carbocycles. The minimum absolute atomic E-state index is 0.0991. The van der Waals surface area contributed by atoms with Gasteiger partial charge < -0.3 is 9.47 Å². The molecule has 0 spiro atoms. The summed E-state index contributed by atoms with van der Waals surface area (Å²) in [5, 5.41) is 0.618. The van der Waals surface area contributed by atoms with Gasteiger partial charge in [0, 0.05) is 61.4 Å². The zero-order valence-electron chi connectivity index (χ0n) is 15.0. The third kappa shape index (κ3) is 4.33. The maximum absolute atomic E-state index is 12.7. The highest BCUT2D eigenvalue weighted by atomic mass is 35.5. The molecule has 1 fully saturated rings. The molecule has 0 aliphatic carbocycles. The summed E-state index contributed by atoms with van der Waals surface area (Å²) < 4.78 is 2.03. The van der Waals surface area contributed by atoms with Crippen molar-refractivity contribution in [2.45, 2.75) is 39.2 Å². The number of carbonyl (C=O) groups is 2. The summed E-state index contributed by atoms with van der Waals surface area (Å²) in [5.41, 5.74) is 0.666. The van der Waals surface area contributed by atoms with Crippen LogP contribution in [0.25, 0.3) is 0 Å². The van der Waals surface area contributed by atoms with Crippen molar-refractivity contribution in [2.75, 3.05) is 13.1 Å². The van der Waals surface area contributed by atoms with Crippen LogP contribution >= 0.6 is 11.6 Å². The highest BCUT2D eigenvalue weighted by Gasteiger charge is 2.28. The van der Waals surface area contributed by atoms with Gasteiger partial charge in [0.15, 0.2) is 5.78 Å². The lowest BCUT2D eigenvalue weighted by Crippen LogP contribution is -2.42. The quantitative estimate of drug-likeness (QED) is 0.727. The van der Waals surface area contributed by atoms with Crippen molar-refractivity contribution >= 4 is 23.3 Å². The van der Waals surface area contributed by atoms with E-state index < -0.39 is 0 Å². The fourth-order valence-electron chi connectivity index (χ4n) is 3.50. The Balaban J connectivity index is 1.58. The van der Waals surface area contributed by atoms with Crippen LogP contribution in [0.15, 0.2) is 36.7 Å². The third-order valence-corrected chi connectivity index (χ3v) is 5.21. The predicted molar refractivity (Wildman–Crippen MR) is 101 cm³/mol. The molecular formula is C20H24ClN3O2. The summed E-state index contributed by atoms with van der Waals surface area (Å²) >= 11 is 5.89. The summed E-state index contributed by atoms with van der Waals surface area (Å²) in [6.07, 6.45) is 6.65. The molecule has 1 aromatic carbocycles. The number of Topliss-reactive ketones (excluding diaryl/α,β-unsaturated/α-hetero) is 1. The Morgan fingerprint density at radius 2 is 2.04 bits per heavy atom. The number of nitrogens with zero attached hydrogens (tertiary/aromatic N) is 3. The second-order valence-electron chi connectivity index (χ2n) is 6.69. The number of ketones is 1. The Hall–Kier alpha value is -2.14. The molecule has 1 amide bonds. The van der Waals surface area contributed by atoms with Crippen LogP contribution in [0.4, 0.5) is 0 Å². The number of carbonyl (C=O) groups excluding carboxylic acids is 2. The molecule has 2 heterocycles. The Labute approximate surface area is 159 Å². The molecule has 0 radical (unpaired) electrons. The molecule has 6 heteroatoms. The Kier molecular flexibility index (Phi) is 6.09. The van der Waals surface area contributed by atoms with E-state index in [-0.39, 0.29) is 17.6 Å². The predicted octanol–water partition coefficient (Wildman–Crippen LogP) is 3.61.